The van der Waals surface area contributed by atoms with E-state index in [0.717, 1.165) is 31.6 Å². The van der Waals surface area contributed by atoms with Crippen LogP contribution in [0.1, 0.15) is 38.7 Å². The molecule has 0 aromatic heterocycles. The fourth-order valence-electron chi connectivity index (χ4n) is 1.63. The summed E-state index contributed by atoms with van der Waals surface area (Å²) in [6.07, 6.45) is 3.55. The first kappa shape index (κ1) is 14.6. The van der Waals surface area contributed by atoms with E-state index in [1.54, 1.807) is 0 Å². The predicted molar refractivity (Wildman–Crippen MR) is 73.8 cm³/mol. The van der Waals surface area contributed by atoms with Crippen molar-refractivity contribution in [1.29, 1.82) is 0 Å². The molecular formula is C15H23NO2. The average molecular weight is 249 g/mol. The molecule has 3 heteroatoms. The summed E-state index contributed by atoms with van der Waals surface area (Å²) in [6, 6.07) is 8.01. The van der Waals surface area contributed by atoms with E-state index in [1.807, 2.05) is 31.2 Å². The van der Waals surface area contributed by atoms with Crippen LogP contribution in [0.25, 0.3) is 0 Å². The monoisotopic (exact) mass is 249 g/mol. The number of carbonyl (C=O) groups excluding carboxylic acids is 1. The van der Waals surface area contributed by atoms with Crippen molar-refractivity contribution >= 4 is 5.91 Å². The number of hydrogen-bond donors (Lipinski definition) is 1. The summed E-state index contributed by atoms with van der Waals surface area (Å²) in [5, 5.41) is 2.80. The summed E-state index contributed by atoms with van der Waals surface area (Å²) in [6.45, 7) is 5.55. The number of ether oxygens (including phenoxy) is 1. The standard InChI is InChI=1S/C15H23NO2/c1-3-5-12-18-14-9-6-13(7-10-14)8-11-15(17)16-4-2/h6-7,9-10H,3-5,8,11-12H2,1-2H3,(H,16,17). The molecule has 0 spiro atoms. The number of hydrogen-bond acceptors (Lipinski definition) is 2. The van der Waals surface area contributed by atoms with Gasteiger partial charge in [-0.2, -0.15) is 0 Å². The SMILES string of the molecule is CCCCOc1ccc(CCC(=O)NCC)cc1. The van der Waals surface area contributed by atoms with Gasteiger partial charge in [-0.3, -0.25) is 4.79 Å². The first-order chi connectivity index (χ1) is 8.76. The summed E-state index contributed by atoms with van der Waals surface area (Å²) < 4.78 is 5.59. The quantitative estimate of drug-likeness (QED) is 0.719. The van der Waals surface area contributed by atoms with E-state index in [9.17, 15) is 4.79 Å². The van der Waals surface area contributed by atoms with Gasteiger partial charge in [-0.05, 0) is 37.5 Å². The predicted octanol–water partition coefficient (Wildman–Crippen LogP) is 2.93. The number of benzene rings is 1. The molecule has 0 aliphatic rings. The van der Waals surface area contributed by atoms with Crippen molar-refractivity contribution in [3.05, 3.63) is 29.8 Å². The van der Waals surface area contributed by atoms with E-state index < -0.39 is 0 Å². The normalized spacial score (nSPS) is 10.1. The Morgan fingerprint density at radius 2 is 1.94 bits per heavy atom. The molecule has 18 heavy (non-hydrogen) atoms. The van der Waals surface area contributed by atoms with E-state index in [-0.39, 0.29) is 5.91 Å². The molecule has 0 unspecified atom stereocenters. The van der Waals surface area contributed by atoms with Crippen molar-refractivity contribution in [2.45, 2.75) is 39.5 Å². The van der Waals surface area contributed by atoms with Gasteiger partial charge in [-0.25, -0.2) is 0 Å². The molecular weight excluding hydrogens is 226 g/mol. The maximum atomic E-state index is 11.3. The Balaban J connectivity index is 2.33. The van der Waals surface area contributed by atoms with E-state index in [2.05, 4.69) is 12.2 Å². The molecule has 0 aliphatic carbocycles. The highest BCUT2D eigenvalue weighted by atomic mass is 16.5. The Kier molecular flexibility index (Phi) is 6.92. The van der Waals surface area contributed by atoms with Crippen molar-refractivity contribution in [3.8, 4) is 5.75 Å². The smallest absolute Gasteiger partial charge is 0.220 e. The fourth-order valence-corrected chi connectivity index (χ4v) is 1.63. The van der Waals surface area contributed by atoms with Gasteiger partial charge in [0.2, 0.25) is 5.91 Å². The van der Waals surface area contributed by atoms with Gasteiger partial charge in [0.25, 0.3) is 0 Å². The van der Waals surface area contributed by atoms with Crippen LogP contribution in [0.4, 0.5) is 0 Å². The molecule has 0 radical (unpaired) electrons. The number of aryl methyl sites for hydroxylation is 1. The molecule has 0 bridgehead atoms. The lowest BCUT2D eigenvalue weighted by Gasteiger charge is -2.06. The largest absolute Gasteiger partial charge is 0.494 e. The van der Waals surface area contributed by atoms with Crippen molar-refractivity contribution in [3.63, 3.8) is 0 Å². The zero-order valence-electron chi connectivity index (χ0n) is 11.4. The van der Waals surface area contributed by atoms with Crippen LogP contribution in [0.5, 0.6) is 5.75 Å². The Hall–Kier alpha value is -1.51. The van der Waals surface area contributed by atoms with Crippen LogP contribution < -0.4 is 10.1 Å². The third kappa shape index (κ3) is 5.71. The van der Waals surface area contributed by atoms with Gasteiger partial charge in [-0.15, -0.1) is 0 Å². The van der Waals surface area contributed by atoms with E-state index in [4.69, 9.17) is 4.74 Å². The molecule has 0 fully saturated rings. The second-order valence-corrected chi connectivity index (χ2v) is 4.30. The number of rotatable bonds is 8. The molecule has 0 saturated heterocycles. The van der Waals surface area contributed by atoms with Gasteiger partial charge >= 0.3 is 0 Å². The average Bonchev–Trinajstić information content (AvgIpc) is 2.38. The number of carbonyl (C=O) groups is 1. The number of amides is 1. The van der Waals surface area contributed by atoms with Crippen LogP contribution in [0.2, 0.25) is 0 Å². The summed E-state index contributed by atoms with van der Waals surface area (Å²) >= 11 is 0. The molecule has 0 saturated carbocycles. The van der Waals surface area contributed by atoms with Crippen molar-refractivity contribution in [2.24, 2.45) is 0 Å². The van der Waals surface area contributed by atoms with Crippen LogP contribution >= 0.6 is 0 Å². The molecule has 0 atom stereocenters. The Bertz CT molecular complexity index is 346. The zero-order valence-corrected chi connectivity index (χ0v) is 11.4. The summed E-state index contributed by atoms with van der Waals surface area (Å²) in [5.41, 5.74) is 1.17. The minimum atomic E-state index is 0.112. The van der Waals surface area contributed by atoms with Crippen molar-refractivity contribution in [2.75, 3.05) is 13.2 Å². The van der Waals surface area contributed by atoms with Gasteiger partial charge in [0.1, 0.15) is 5.75 Å². The second kappa shape index (κ2) is 8.56. The third-order valence-electron chi connectivity index (χ3n) is 2.70. The highest BCUT2D eigenvalue weighted by Gasteiger charge is 2.01. The first-order valence-electron chi connectivity index (χ1n) is 6.74. The first-order valence-corrected chi connectivity index (χ1v) is 6.74. The van der Waals surface area contributed by atoms with E-state index >= 15 is 0 Å². The summed E-state index contributed by atoms with van der Waals surface area (Å²) in [4.78, 5) is 11.3. The fraction of sp³-hybridized carbons (Fsp3) is 0.533. The lowest BCUT2D eigenvalue weighted by atomic mass is 10.1. The Morgan fingerprint density at radius 3 is 2.56 bits per heavy atom. The van der Waals surface area contributed by atoms with E-state index in [1.165, 1.54) is 5.56 Å². The van der Waals surface area contributed by atoms with Crippen LogP contribution in [-0.2, 0) is 11.2 Å². The van der Waals surface area contributed by atoms with Crippen LogP contribution in [0.3, 0.4) is 0 Å². The molecule has 0 aliphatic heterocycles. The van der Waals surface area contributed by atoms with Gasteiger partial charge < -0.3 is 10.1 Å². The maximum absolute atomic E-state index is 11.3. The lowest BCUT2D eigenvalue weighted by Crippen LogP contribution is -2.22. The Labute approximate surface area is 110 Å². The minimum absolute atomic E-state index is 0.112. The van der Waals surface area contributed by atoms with Crippen LogP contribution in [0, 0.1) is 0 Å². The van der Waals surface area contributed by atoms with E-state index in [0.29, 0.717) is 13.0 Å². The molecule has 100 valence electrons. The molecule has 0 heterocycles. The molecule has 1 aromatic carbocycles. The Morgan fingerprint density at radius 1 is 1.22 bits per heavy atom. The van der Waals surface area contributed by atoms with Gasteiger partial charge in [-0.1, -0.05) is 25.5 Å². The van der Waals surface area contributed by atoms with Crippen molar-refractivity contribution < 1.29 is 9.53 Å². The second-order valence-electron chi connectivity index (χ2n) is 4.30. The molecule has 1 amide bonds. The maximum Gasteiger partial charge on any atom is 0.220 e. The topological polar surface area (TPSA) is 38.3 Å². The van der Waals surface area contributed by atoms with Gasteiger partial charge in [0.05, 0.1) is 6.61 Å². The van der Waals surface area contributed by atoms with Gasteiger partial charge in [0.15, 0.2) is 0 Å². The highest BCUT2D eigenvalue weighted by Crippen LogP contribution is 2.13. The zero-order chi connectivity index (χ0) is 13.2. The summed E-state index contributed by atoms with van der Waals surface area (Å²) in [5.74, 6) is 1.02. The lowest BCUT2D eigenvalue weighted by molar-refractivity contribution is -0.120. The summed E-state index contributed by atoms with van der Waals surface area (Å²) in [7, 11) is 0. The number of unbranched alkanes of at least 4 members (excludes halogenated alkanes) is 1. The third-order valence-corrected chi connectivity index (χ3v) is 2.70. The van der Waals surface area contributed by atoms with Crippen LogP contribution in [-0.4, -0.2) is 19.1 Å². The molecule has 1 aromatic rings. The number of nitrogens with one attached hydrogen (secondary N) is 1. The van der Waals surface area contributed by atoms with Crippen molar-refractivity contribution in [1.82, 2.24) is 5.32 Å². The minimum Gasteiger partial charge on any atom is -0.494 e. The molecule has 1 N–H and O–H groups in total. The van der Waals surface area contributed by atoms with Crippen LogP contribution in [0.15, 0.2) is 24.3 Å². The molecule has 3 nitrogen and oxygen atoms in total. The van der Waals surface area contributed by atoms with Gasteiger partial charge in [0, 0.05) is 13.0 Å². The molecule has 1 rings (SSSR count). The highest BCUT2D eigenvalue weighted by molar-refractivity contribution is 5.76.